The molecule has 0 radical (unpaired) electrons. The molecule has 4 aromatic heterocycles. The molecule has 9 nitrogen and oxygen atoms in total. The minimum absolute atomic E-state index is 0.0106. The summed E-state index contributed by atoms with van der Waals surface area (Å²) in [6.45, 7) is 1.94. The first-order valence-corrected chi connectivity index (χ1v) is 11.3. The summed E-state index contributed by atoms with van der Waals surface area (Å²) in [5, 5.41) is 5.28. The fraction of sp³-hybridized carbons (Fsp3) is 0.304. The Kier molecular flexibility index (Phi) is 7.46. The largest absolute Gasteiger partial charge is 0.433 e. The summed E-state index contributed by atoms with van der Waals surface area (Å²) in [7, 11) is 0. The van der Waals surface area contributed by atoms with Gasteiger partial charge in [-0.05, 0) is 24.6 Å². The standard InChI is InChI=1S/C23H20F6N8O/c1-2-4-15-34-18-20(31-12-8-10-30-16(11-12)33-17(38)7-9-22(24,25)26)36-19(37-21(18)35-15)13-5-3-6-14(32-13)23(27,28)29/h3,5-6,8,10-11H,2,4,7,9H2,1H3,(H3,30,31,33,34,35,36,37,38). The maximum atomic E-state index is 13.2. The number of rotatable bonds is 8. The highest BCUT2D eigenvalue weighted by Crippen LogP contribution is 2.31. The van der Waals surface area contributed by atoms with Gasteiger partial charge in [-0.1, -0.05) is 13.0 Å². The zero-order valence-electron chi connectivity index (χ0n) is 19.7. The Balaban J connectivity index is 1.67. The number of aromatic amines is 1. The summed E-state index contributed by atoms with van der Waals surface area (Å²) >= 11 is 0. The predicted octanol–water partition coefficient (Wildman–Crippen LogP) is 5.81. The number of aryl methyl sites for hydroxylation is 1. The number of alkyl halides is 6. The molecule has 0 aliphatic heterocycles. The summed E-state index contributed by atoms with van der Waals surface area (Å²) in [4.78, 5) is 35.6. The molecule has 0 saturated carbocycles. The highest BCUT2D eigenvalue weighted by Gasteiger charge is 2.33. The molecule has 200 valence electrons. The lowest BCUT2D eigenvalue weighted by atomic mass is 10.2. The van der Waals surface area contributed by atoms with E-state index < -0.39 is 36.8 Å². The van der Waals surface area contributed by atoms with Gasteiger partial charge in [-0.25, -0.2) is 24.9 Å². The molecule has 4 aromatic rings. The molecule has 0 aromatic carbocycles. The van der Waals surface area contributed by atoms with Crippen LogP contribution >= 0.6 is 0 Å². The van der Waals surface area contributed by atoms with Crippen molar-refractivity contribution in [3.05, 3.63) is 48.0 Å². The van der Waals surface area contributed by atoms with Crippen molar-refractivity contribution in [2.75, 3.05) is 10.6 Å². The van der Waals surface area contributed by atoms with Crippen LogP contribution in [0.2, 0.25) is 0 Å². The van der Waals surface area contributed by atoms with Crippen LogP contribution in [0.5, 0.6) is 0 Å². The molecular weight excluding hydrogens is 518 g/mol. The first kappa shape index (κ1) is 26.8. The molecule has 0 unspecified atom stereocenters. The van der Waals surface area contributed by atoms with Gasteiger partial charge in [0.15, 0.2) is 17.3 Å². The highest BCUT2D eigenvalue weighted by molar-refractivity contribution is 5.91. The van der Waals surface area contributed by atoms with Crippen molar-refractivity contribution in [3.63, 3.8) is 0 Å². The number of anilines is 3. The normalized spacial score (nSPS) is 12.1. The van der Waals surface area contributed by atoms with Crippen LogP contribution < -0.4 is 10.6 Å². The molecule has 38 heavy (non-hydrogen) atoms. The van der Waals surface area contributed by atoms with Crippen molar-refractivity contribution < 1.29 is 31.1 Å². The molecule has 0 fully saturated rings. The smallest absolute Gasteiger partial charge is 0.338 e. The summed E-state index contributed by atoms with van der Waals surface area (Å²) in [5.74, 6) is -0.257. The van der Waals surface area contributed by atoms with Crippen molar-refractivity contribution in [1.29, 1.82) is 0 Å². The van der Waals surface area contributed by atoms with Gasteiger partial charge in [0.2, 0.25) is 5.91 Å². The fourth-order valence-electron chi connectivity index (χ4n) is 3.40. The minimum atomic E-state index is -4.67. The predicted molar refractivity (Wildman–Crippen MR) is 125 cm³/mol. The molecular formula is C23H20F6N8O. The molecule has 15 heteroatoms. The number of nitrogens with zero attached hydrogens (tertiary/aromatic N) is 5. The molecule has 0 bridgehead atoms. The van der Waals surface area contributed by atoms with E-state index in [1.165, 1.54) is 30.5 Å². The average molecular weight is 538 g/mol. The second kappa shape index (κ2) is 10.6. The minimum Gasteiger partial charge on any atom is -0.338 e. The monoisotopic (exact) mass is 538 g/mol. The van der Waals surface area contributed by atoms with E-state index >= 15 is 0 Å². The third-order valence-corrected chi connectivity index (χ3v) is 5.08. The number of imidazole rings is 1. The van der Waals surface area contributed by atoms with Crippen LogP contribution in [0, 0.1) is 0 Å². The number of fused-ring (bicyclic) bond motifs is 1. The van der Waals surface area contributed by atoms with Crippen LogP contribution in [-0.4, -0.2) is 42.0 Å². The van der Waals surface area contributed by atoms with Gasteiger partial charge < -0.3 is 15.6 Å². The van der Waals surface area contributed by atoms with Gasteiger partial charge in [-0.15, -0.1) is 0 Å². The number of hydrogen-bond donors (Lipinski definition) is 3. The first-order chi connectivity index (χ1) is 17.9. The Labute approximate surface area is 211 Å². The van der Waals surface area contributed by atoms with Crippen LogP contribution in [-0.2, 0) is 17.4 Å². The Morgan fingerprint density at radius 1 is 1.03 bits per heavy atom. The summed E-state index contributed by atoms with van der Waals surface area (Å²) in [6, 6.07) is 6.22. The van der Waals surface area contributed by atoms with E-state index in [0.29, 0.717) is 23.4 Å². The van der Waals surface area contributed by atoms with Gasteiger partial charge >= 0.3 is 12.4 Å². The first-order valence-electron chi connectivity index (χ1n) is 11.3. The second-order valence-corrected chi connectivity index (χ2v) is 8.15. The Bertz CT molecular complexity index is 1450. The van der Waals surface area contributed by atoms with Crippen LogP contribution in [0.3, 0.4) is 0 Å². The summed E-state index contributed by atoms with van der Waals surface area (Å²) in [5.41, 5.74) is -0.341. The van der Waals surface area contributed by atoms with Gasteiger partial charge in [0.05, 0.1) is 6.42 Å². The van der Waals surface area contributed by atoms with Gasteiger partial charge in [-0.2, -0.15) is 26.3 Å². The average Bonchev–Trinajstić information content (AvgIpc) is 3.25. The number of carbonyl (C=O) groups is 1. The van der Waals surface area contributed by atoms with Crippen LogP contribution in [0.15, 0.2) is 36.5 Å². The summed E-state index contributed by atoms with van der Waals surface area (Å²) < 4.78 is 76.8. The van der Waals surface area contributed by atoms with E-state index in [1.54, 1.807) is 0 Å². The quantitative estimate of drug-likeness (QED) is 0.242. The number of nitrogens with one attached hydrogen (secondary N) is 3. The zero-order valence-corrected chi connectivity index (χ0v) is 19.7. The van der Waals surface area contributed by atoms with Crippen LogP contribution in [0.25, 0.3) is 22.7 Å². The molecule has 0 saturated heterocycles. The molecule has 4 rings (SSSR count). The summed E-state index contributed by atoms with van der Waals surface area (Å²) in [6.07, 6.45) is -8.53. The van der Waals surface area contributed by atoms with Gasteiger partial charge in [0.1, 0.15) is 28.5 Å². The second-order valence-electron chi connectivity index (χ2n) is 8.15. The Hall–Kier alpha value is -4.30. The van der Waals surface area contributed by atoms with E-state index in [1.807, 2.05) is 6.92 Å². The Morgan fingerprint density at radius 3 is 2.53 bits per heavy atom. The van der Waals surface area contributed by atoms with E-state index in [4.69, 9.17) is 0 Å². The van der Waals surface area contributed by atoms with Crippen molar-refractivity contribution in [2.45, 2.75) is 45.0 Å². The lowest BCUT2D eigenvalue weighted by Gasteiger charge is -2.11. The number of amides is 1. The maximum Gasteiger partial charge on any atom is 0.433 e. The molecule has 4 heterocycles. The number of pyridine rings is 2. The van der Waals surface area contributed by atoms with Crippen LogP contribution in [0.1, 0.15) is 37.7 Å². The van der Waals surface area contributed by atoms with Crippen LogP contribution in [0.4, 0.5) is 43.7 Å². The number of aromatic nitrogens is 6. The van der Waals surface area contributed by atoms with Gasteiger partial charge in [-0.3, -0.25) is 4.79 Å². The molecule has 0 aliphatic rings. The third-order valence-electron chi connectivity index (χ3n) is 5.08. The highest BCUT2D eigenvalue weighted by atomic mass is 19.4. The third kappa shape index (κ3) is 6.72. The number of H-pyrrole nitrogens is 1. The molecule has 0 spiro atoms. The van der Waals surface area contributed by atoms with Crippen molar-refractivity contribution in [1.82, 2.24) is 29.9 Å². The lowest BCUT2D eigenvalue weighted by molar-refractivity contribution is -0.142. The van der Waals surface area contributed by atoms with Gasteiger partial charge in [0.25, 0.3) is 0 Å². The SMILES string of the molecule is CCCc1nc2nc(-c3cccc(C(F)(F)F)n3)nc(Nc3ccnc(NC(=O)CCC(F)(F)F)c3)c2[nH]1. The molecule has 0 atom stereocenters. The van der Waals surface area contributed by atoms with Crippen molar-refractivity contribution in [2.24, 2.45) is 0 Å². The fourth-order valence-corrected chi connectivity index (χ4v) is 3.40. The Morgan fingerprint density at radius 2 is 1.82 bits per heavy atom. The van der Waals surface area contributed by atoms with Gasteiger partial charge in [0, 0.05) is 30.8 Å². The van der Waals surface area contributed by atoms with E-state index in [0.717, 1.165) is 12.5 Å². The van der Waals surface area contributed by atoms with E-state index in [9.17, 15) is 31.1 Å². The van der Waals surface area contributed by atoms with E-state index in [-0.39, 0.29) is 28.8 Å². The number of carbonyl (C=O) groups excluding carboxylic acids is 1. The molecule has 3 N–H and O–H groups in total. The van der Waals surface area contributed by atoms with Crippen molar-refractivity contribution >= 4 is 34.4 Å². The van der Waals surface area contributed by atoms with E-state index in [2.05, 4.69) is 40.5 Å². The number of halogens is 6. The van der Waals surface area contributed by atoms with Crippen molar-refractivity contribution in [3.8, 4) is 11.5 Å². The zero-order chi connectivity index (χ0) is 27.5. The lowest BCUT2D eigenvalue weighted by Crippen LogP contribution is -2.17. The number of hydrogen-bond acceptors (Lipinski definition) is 7. The molecule has 1 amide bonds. The topological polar surface area (TPSA) is 121 Å². The molecule has 0 aliphatic carbocycles. The maximum absolute atomic E-state index is 13.2.